The smallest absolute Gasteiger partial charge is 0.246 e. The molecule has 4 nitrogen and oxygen atoms in total. The third kappa shape index (κ3) is 3.03. The second-order valence-electron chi connectivity index (χ2n) is 4.52. The first-order valence-electron chi connectivity index (χ1n) is 5.97. The summed E-state index contributed by atoms with van der Waals surface area (Å²) in [5.74, 6) is 0.439. The monoisotopic (exact) mass is 271 g/mol. The maximum Gasteiger partial charge on any atom is 0.246 e. The summed E-state index contributed by atoms with van der Waals surface area (Å²) in [6.45, 7) is 6.34. The first kappa shape index (κ1) is 15.0. The van der Waals surface area contributed by atoms with Crippen LogP contribution in [0.1, 0.15) is 24.5 Å². The summed E-state index contributed by atoms with van der Waals surface area (Å²) in [6, 6.07) is 3.47. The Morgan fingerprint density at radius 1 is 1.17 bits per heavy atom. The Morgan fingerprint density at radius 3 is 2.22 bits per heavy atom. The fraction of sp³-hybridized carbons (Fsp3) is 0.538. The SMILES string of the molecule is CCCOc1cc(C)c(C)cc1S(=O)(=O)N(C)C. The molecule has 102 valence electrons. The van der Waals surface area contributed by atoms with Gasteiger partial charge in [0.15, 0.2) is 0 Å². The molecule has 18 heavy (non-hydrogen) atoms. The normalized spacial score (nSPS) is 11.9. The van der Waals surface area contributed by atoms with Gasteiger partial charge in [0.2, 0.25) is 10.0 Å². The summed E-state index contributed by atoms with van der Waals surface area (Å²) in [5.41, 5.74) is 1.97. The molecule has 0 fully saturated rings. The molecule has 5 heteroatoms. The molecule has 0 aliphatic rings. The highest BCUT2D eigenvalue weighted by atomic mass is 32.2. The van der Waals surface area contributed by atoms with Crippen LogP contribution in [0.5, 0.6) is 5.75 Å². The Bertz CT molecular complexity index is 521. The predicted molar refractivity (Wildman–Crippen MR) is 72.6 cm³/mol. The Morgan fingerprint density at radius 2 is 1.72 bits per heavy atom. The molecule has 0 saturated heterocycles. The van der Waals surface area contributed by atoms with Crippen molar-refractivity contribution >= 4 is 10.0 Å². The van der Waals surface area contributed by atoms with Crippen molar-refractivity contribution in [3.05, 3.63) is 23.3 Å². The molecular formula is C13H21NO3S. The van der Waals surface area contributed by atoms with E-state index in [0.29, 0.717) is 12.4 Å². The van der Waals surface area contributed by atoms with Gasteiger partial charge in [0.25, 0.3) is 0 Å². The van der Waals surface area contributed by atoms with Gasteiger partial charge in [-0.3, -0.25) is 0 Å². The Kier molecular flexibility index (Phi) is 4.76. The van der Waals surface area contributed by atoms with Crippen molar-refractivity contribution in [1.29, 1.82) is 0 Å². The van der Waals surface area contributed by atoms with Gasteiger partial charge in [-0.15, -0.1) is 0 Å². The van der Waals surface area contributed by atoms with Crippen LogP contribution in [0.4, 0.5) is 0 Å². The number of rotatable bonds is 5. The van der Waals surface area contributed by atoms with Crippen molar-refractivity contribution in [3.63, 3.8) is 0 Å². The van der Waals surface area contributed by atoms with Crippen LogP contribution in [0, 0.1) is 13.8 Å². The molecule has 1 aromatic carbocycles. The predicted octanol–water partition coefficient (Wildman–Crippen LogP) is 2.34. The lowest BCUT2D eigenvalue weighted by Gasteiger charge is -2.17. The fourth-order valence-corrected chi connectivity index (χ4v) is 2.58. The van der Waals surface area contributed by atoms with Crippen molar-refractivity contribution in [2.45, 2.75) is 32.1 Å². The van der Waals surface area contributed by atoms with Crippen LogP contribution in [-0.2, 0) is 10.0 Å². The summed E-state index contributed by atoms with van der Waals surface area (Å²) in [5, 5.41) is 0. The van der Waals surface area contributed by atoms with E-state index >= 15 is 0 Å². The largest absolute Gasteiger partial charge is 0.492 e. The zero-order chi connectivity index (χ0) is 13.9. The number of sulfonamides is 1. The van der Waals surface area contributed by atoms with Crippen LogP contribution < -0.4 is 4.74 Å². The maximum absolute atomic E-state index is 12.2. The molecule has 0 aromatic heterocycles. The average Bonchev–Trinajstić information content (AvgIpc) is 2.29. The standard InChI is InChI=1S/C13H21NO3S/c1-6-7-17-12-8-10(2)11(3)9-13(12)18(15,16)14(4)5/h8-9H,6-7H2,1-5H3. The summed E-state index contributed by atoms with van der Waals surface area (Å²) in [4.78, 5) is 0.240. The first-order valence-corrected chi connectivity index (χ1v) is 7.41. The number of aryl methyl sites for hydroxylation is 2. The lowest BCUT2D eigenvalue weighted by atomic mass is 10.1. The number of benzene rings is 1. The fourth-order valence-electron chi connectivity index (χ4n) is 1.49. The van der Waals surface area contributed by atoms with E-state index in [4.69, 9.17) is 4.74 Å². The van der Waals surface area contributed by atoms with Gasteiger partial charge >= 0.3 is 0 Å². The van der Waals surface area contributed by atoms with Crippen LogP contribution in [0.25, 0.3) is 0 Å². The maximum atomic E-state index is 12.2. The van der Waals surface area contributed by atoms with Gasteiger partial charge in [-0.1, -0.05) is 6.92 Å². The Hall–Kier alpha value is -1.07. The second kappa shape index (κ2) is 5.71. The van der Waals surface area contributed by atoms with E-state index in [-0.39, 0.29) is 4.90 Å². The molecule has 0 spiro atoms. The average molecular weight is 271 g/mol. The summed E-state index contributed by atoms with van der Waals surface area (Å²) < 4.78 is 31.2. The van der Waals surface area contributed by atoms with Crippen molar-refractivity contribution in [2.75, 3.05) is 20.7 Å². The molecule has 0 bridgehead atoms. The molecule has 0 heterocycles. The number of hydrogen-bond donors (Lipinski definition) is 0. The minimum absolute atomic E-state index is 0.240. The molecule has 0 N–H and O–H groups in total. The lowest BCUT2D eigenvalue weighted by Crippen LogP contribution is -2.23. The van der Waals surface area contributed by atoms with Crippen LogP contribution in [0.3, 0.4) is 0 Å². The minimum atomic E-state index is -3.47. The first-order chi connectivity index (χ1) is 8.30. The zero-order valence-corrected chi connectivity index (χ0v) is 12.5. The van der Waals surface area contributed by atoms with E-state index in [1.165, 1.54) is 18.4 Å². The van der Waals surface area contributed by atoms with Gasteiger partial charge < -0.3 is 4.74 Å². The molecule has 0 saturated carbocycles. The topological polar surface area (TPSA) is 46.6 Å². The Balaban J connectivity index is 3.36. The number of nitrogens with zero attached hydrogens (tertiary/aromatic N) is 1. The lowest BCUT2D eigenvalue weighted by molar-refractivity contribution is 0.308. The number of ether oxygens (including phenoxy) is 1. The Labute approximate surface area is 110 Å². The molecule has 1 rings (SSSR count). The highest BCUT2D eigenvalue weighted by Gasteiger charge is 2.23. The van der Waals surface area contributed by atoms with Gasteiger partial charge in [-0.05, 0) is 43.5 Å². The van der Waals surface area contributed by atoms with Crippen LogP contribution >= 0.6 is 0 Å². The van der Waals surface area contributed by atoms with Crippen LogP contribution in [0.15, 0.2) is 17.0 Å². The van der Waals surface area contributed by atoms with Crippen molar-refractivity contribution in [1.82, 2.24) is 4.31 Å². The van der Waals surface area contributed by atoms with Crippen molar-refractivity contribution in [3.8, 4) is 5.75 Å². The van der Waals surface area contributed by atoms with Gasteiger partial charge in [0, 0.05) is 14.1 Å². The van der Waals surface area contributed by atoms with Crippen molar-refractivity contribution in [2.24, 2.45) is 0 Å². The molecule has 0 aliphatic heterocycles. The molecular weight excluding hydrogens is 250 g/mol. The van der Waals surface area contributed by atoms with E-state index in [1.54, 1.807) is 12.1 Å². The van der Waals surface area contributed by atoms with Crippen LogP contribution in [-0.4, -0.2) is 33.4 Å². The third-order valence-corrected chi connectivity index (χ3v) is 4.62. The van der Waals surface area contributed by atoms with Gasteiger partial charge in [-0.25, -0.2) is 12.7 Å². The second-order valence-corrected chi connectivity index (χ2v) is 6.64. The van der Waals surface area contributed by atoms with Gasteiger partial charge in [0.1, 0.15) is 10.6 Å². The molecule has 0 amide bonds. The van der Waals surface area contributed by atoms with E-state index < -0.39 is 10.0 Å². The highest BCUT2D eigenvalue weighted by molar-refractivity contribution is 7.89. The molecule has 0 atom stereocenters. The molecule has 0 unspecified atom stereocenters. The number of hydrogen-bond acceptors (Lipinski definition) is 3. The molecule has 0 aliphatic carbocycles. The van der Waals surface area contributed by atoms with E-state index in [1.807, 2.05) is 20.8 Å². The minimum Gasteiger partial charge on any atom is -0.492 e. The van der Waals surface area contributed by atoms with Crippen molar-refractivity contribution < 1.29 is 13.2 Å². The van der Waals surface area contributed by atoms with Gasteiger partial charge in [-0.2, -0.15) is 0 Å². The highest BCUT2D eigenvalue weighted by Crippen LogP contribution is 2.29. The molecule has 1 aromatic rings. The van der Waals surface area contributed by atoms with Gasteiger partial charge in [0.05, 0.1) is 6.61 Å². The molecule has 0 radical (unpaired) electrons. The zero-order valence-electron chi connectivity index (χ0n) is 11.6. The summed E-state index contributed by atoms with van der Waals surface area (Å²) in [6.07, 6.45) is 0.842. The quantitative estimate of drug-likeness (QED) is 0.826. The van der Waals surface area contributed by atoms with E-state index in [9.17, 15) is 8.42 Å². The summed E-state index contributed by atoms with van der Waals surface area (Å²) in [7, 11) is -0.425. The third-order valence-electron chi connectivity index (χ3n) is 2.78. The summed E-state index contributed by atoms with van der Waals surface area (Å²) >= 11 is 0. The van der Waals surface area contributed by atoms with E-state index in [0.717, 1.165) is 17.5 Å². The van der Waals surface area contributed by atoms with E-state index in [2.05, 4.69) is 0 Å². The van der Waals surface area contributed by atoms with Crippen LogP contribution in [0.2, 0.25) is 0 Å².